The molecule has 2 atom stereocenters. The molecular formula is C32H30Cl2N2O3. The van der Waals surface area contributed by atoms with Crippen LogP contribution in [0.1, 0.15) is 57.4 Å². The van der Waals surface area contributed by atoms with Gasteiger partial charge in [0.25, 0.3) is 5.91 Å². The van der Waals surface area contributed by atoms with Crippen molar-refractivity contribution in [3.8, 4) is 0 Å². The molecule has 4 aromatic carbocycles. The Balaban J connectivity index is 1.39. The minimum absolute atomic E-state index is 0.103. The number of nitrogens with zero attached hydrogens (tertiary/aromatic N) is 1. The maximum absolute atomic E-state index is 12.4. The summed E-state index contributed by atoms with van der Waals surface area (Å²) >= 11 is 12.7. The van der Waals surface area contributed by atoms with Crippen molar-refractivity contribution < 1.29 is 14.7 Å². The smallest absolute Gasteiger partial charge is 0.305 e. The van der Waals surface area contributed by atoms with Gasteiger partial charge in [-0.1, -0.05) is 71.2 Å². The van der Waals surface area contributed by atoms with E-state index in [0.717, 1.165) is 30.6 Å². The Morgan fingerprint density at radius 1 is 0.897 bits per heavy atom. The Morgan fingerprint density at radius 2 is 1.59 bits per heavy atom. The molecule has 1 saturated heterocycles. The lowest BCUT2D eigenvalue weighted by Gasteiger charge is -2.25. The van der Waals surface area contributed by atoms with E-state index in [2.05, 4.69) is 53.5 Å². The van der Waals surface area contributed by atoms with Crippen LogP contribution in [0.25, 0.3) is 10.8 Å². The van der Waals surface area contributed by atoms with Crippen LogP contribution in [0.2, 0.25) is 10.0 Å². The quantitative estimate of drug-likeness (QED) is 0.235. The fourth-order valence-electron chi connectivity index (χ4n) is 5.45. The number of fused-ring (bicyclic) bond motifs is 1. The standard InChI is InChI=1S/C32H30Cl2N2O3/c1-20-2-5-24-13-25(9-8-23(24)12-20)30-16-27(26-14-28(33)17-29(34)15-26)19-36(30)18-21-3-6-22(7-4-21)32(39)35-11-10-31(37)38/h2-9,12-15,17,27,30H,10-11,16,18-19H2,1H3,(H,35,39)(H,37,38)/t27-,30-/m1/s1. The fraction of sp³-hybridized carbons (Fsp3) is 0.250. The van der Waals surface area contributed by atoms with Crippen molar-refractivity contribution >= 4 is 45.9 Å². The predicted molar refractivity (Wildman–Crippen MR) is 157 cm³/mol. The number of carboxylic acid groups (broad SMARTS) is 1. The lowest BCUT2D eigenvalue weighted by molar-refractivity contribution is -0.136. The first-order valence-corrected chi connectivity index (χ1v) is 13.8. The zero-order valence-electron chi connectivity index (χ0n) is 21.7. The Morgan fingerprint density at radius 3 is 2.31 bits per heavy atom. The van der Waals surface area contributed by atoms with Crippen LogP contribution in [0.5, 0.6) is 0 Å². The van der Waals surface area contributed by atoms with E-state index in [1.165, 1.54) is 21.9 Å². The number of carbonyl (C=O) groups excluding carboxylic acids is 1. The number of rotatable bonds is 8. The molecule has 0 aromatic heterocycles. The second-order valence-corrected chi connectivity index (χ2v) is 11.2. The molecule has 2 N–H and O–H groups in total. The Labute approximate surface area is 238 Å². The summed E-state index contributed by atoms with van der Waals surface area (Å²) in [4.78, 5) is 25.6. The molecule has 0 unspecified atom stereocenters. The number of hydrogen-bond acceptors (Lipinski definition) is 3. The topological polar surface area (TPSA) is 69.6 Å². The molecule has 200 valence electrons. The first-order chi connectivity index (χ1) is 18.7. The van der Waals surface area contributed by atoms with E-state index in [1.807, 2.05) is 24.3 Å². The second-order valence-electron chi connectivity index (χ2n) is 10.3. The summed E-state index contributed by atoms with van der Waals surface area (Å²) in [5.74, 6) is -0.934. The highest BCUT2D eigenvalue weighted by Gasteiger charge is 2.34. The maximum Gasteiger partial charge on any atom is 0.305 e. The summed E-state index contributed by atoms with van der Waals surface area (Å²) in [6.07, 6.45) is 0.839. The maximum atomic E-state index is 12.4. The van der Waals surface area contributed by atoms with Crippen LogP contribution in [0.4, 0.5) is 0 Å². The summed E-state index contributed by atoms with van der Waals surface area (Å²) in [6, 6.07) is 26.8. The molecule has 0 spiro atoms. The van der Waals surface area contributed by atoms with E-state index >= 15 is 0 Å². The third-order valence-corrected chi connectivity index (χ3v) is 7.83. The molecule has 0 bridgehead atoms. The predicted octanol–water partition coefficient (Wildman–Crippen LogP) is 7.39. The number of likely N-dealkylation sites (tertiary alicyclic amines) is 1. The van der Waals surface area contributed by atoms with Gasteiger partial charge >= 0.3 is 5.97 Å². The third-order valence-electron chi connectivity index (χ3n) is 7.39. The number of carbonyl (C=O) groups is 2. The number of hydrogen-bond donors (Lipinski definition) is 2. The first kappa shape index (κ1) is 27.2. The number of aryl methyl sites for hydroxylation is 1. The zero-order chi connectivity index (χ0) is 27.5. The number of amides is 1. The molecule has 1 aliphatic heterocycles. The Bertz CT molecular complexity index is 1500. The van der Waals surface area contributed by atoms with Crippen LogP contribution in [0.3, 0.4) is 0 Å². The van der Waals surface area contributed by atoms with E-state index in [-0.39, 0.29) is 30.8 Å². The van der Waals surface area contributed by atoms with Crippen LogP contribution in [0, 0.1) is 6.92 Å². The molecule has 0 radical (unpaired) electrons. The highest BCUT2D eigenvalue weighted by molar-refractivity contribution is 6.34. The molecule has 1 aliphatic rings. The van der Waals surface area contributed by atoms with Crippen molar-refractivity contribution in [3.63, 3.8) is 0 Å². The van der Waals surface area contributed by atoms with Crippen LogP contribution < -0.4 is 5.32 Å². The van der Waals surface area contributed by atoms with Gasteiger partial charge in [-0.2, -0.15) is 0 Å². The molecule has 1 heterocycles. The molecule has 4 aromatic rings. The van der Waals surface area contributed by atoms with E-state index in [4.69, 9.17) is 28.3 Å². The monoisotopic (exact) mass is 560 g/mol. The number of carboxylic acids is 1. The van der Waals surface area contributed by atoms with Crippen LogP contribution in [0.15, 0.2) is 78.9 Å². The molecule has 1 amide bonds. The SMILES string of the molecule is Cc1ccc2cc([C@H]3C[C@@H](c4cc(Cl)cc(Cl)c4)CN3Cc3ccc(C(=O)NCCC(=O)O)cc3)ccc2c1. The minimum Gasteiger partial charge on any atom is -0.481 e. The van der Waals surface area contributed by atoms with Gasteiger partial charge in [-0.25, -0.2) is 0 Å². The van der Waals surface area contributed by atoms with Crippen molar-refractivity contribution in [2.75, 3.05) is 13.1 Å². The minimum atomic E-state index is -0.939. The van der Waals surface area contributed by atoms with Crippen molar-refractivity contribution in [1.82, 2.24) is 10.2 Å². The first-order valence-electron chi connectivity index (χ1n) is 13.0. The second kappa shape index (κ2) is 11.8. The number of benzene rings is 4. The summed E-state index contributed by atoms with van der Waals surface area (Å²) in [7, 11) is 0. The molecule has 39 heavy (non-hydrogen) atoms. The average Bonchev–Trinajstić information content (AvgIpc) is 3.32. The fourth-order valence-corrected chi connectivity index (χ4v) is 5.99. The van der Waals surface area contributed by atoms with Crippen LogP contribution in [-0.4, -0.2) is 35.0 Å². The molecule has 1 fully saturated rings. The van der Waals surface area contributed by atoms with Gasteiger partial charge in [0.2, 0.25) is 0 Å². The van der Waals surface area contributed by atoms with Crippen molar-refractivity contribution in [3.05, 3.63) is 117 Å². The largest absolute Gasteiger partial charge is 0.481 e. The van der Waals surface area contributed by atoms with Gasteiger partial charge in [-0.05, 0) is 83.1 Å². The Hall–Kier alpha value is -3.38. The highest BCUT2D eigenvalue weighted by Crippen LogP contribution is 2.43. The van der Waals surface area contributed by atoms with E-state index in [1.54, 1.807) is 18.2 Å². The number of halogens is 2. The van der Waals surface area contributed by atoms with E-state index in [9.17, 15) is 9.59 Å². The lowest BCUT2D eigenvalue weighted by atomic mass is 9.93. The van der Waals surface area contributed by atoms with Crippen molar-refractivity contribution in [2.45, 2.75) is 38.3 Å². The molecule has 0 saturated carbocycles. The van der Waals surface area contributed by atoms with Crippen molar-refractivity contribution in [1.29, 1.82) is 0 Å². The molecule has 5 rings (SSSR count). The third kappa shape index (κ3) is 6.62. The van der Waals surface area contributed by atoms with E-state index in [0.29, 0.717) is 15.6 Å². The molecular weight excluding hydrogens is 531 g/mol. The molecule has 0 aliphatic carbocycles. The van der Waals surface area contributed by atoms with Gasteiger partial charge in [0, 0.05) is 41.3 Å². The highest BCUT2D eigenvalue weighted by atomic mass is 35.5. The normalized spacial score (nSPS) is 17.4. The van der Waals surface area contributed by atoms with Gasteiger partial charge in [0.05, 0.1) is 6.42 Å². The van der Waals surface area contributed by atoms with Crippen LogP contribution >= 0.6 is 23.2 Å². The summed E-state index contributed by atoms with van der Waals surface area (Å²) < 4.78 is 0. The van der Waals surface area contributed by atoms with Crippen LogP contribution in [-0.2, 0) is 11.3 Å². The Kier molecular flexibility index (Phi) is 8.22. The van der Waals surface area contributed by atoms with Gasteiger partial charge in [0.15, 0.2) is 0 Å². The zero-order valence-corrected chi connectivity index (χ0v) is 23.2. The van der Waals surface area contributed by atoms with Crippen molar-refractivity contribution in [2.24, 2.45) is 0 Å². The number of nitrogens with one attached hydrogen (secondary N) is 1. The summed E-state index contributed by atoms with van der Waals surface area (Å²) in [5, 5.41) is 15.2. The average molecular weight is 562 g/mol. The van der Waals surface area contributed by atoms with Gasteiger partial charge in [-0.15, -0.1) is 0 Å². The van der Waals surface area contributed by atoms with Gasteiger partial charge < -0.3 is 10.4 Å². The summed E-state index contributed by atoms with van der Waals surface area (Å²) in [6.45, 7) is 3.79. The van der Waals surface area contributed by atoms with E-state index < -0.39 is 5.97 Å². The lowest BCUT2D eigenvalue weighted by Crippen LogP contribution is -2.26. The molecule has 7 heteroatoms. The molecule has 5 nitrogen and oxygen atoms in total. The summed E-state index contributed by atoms with van der Waals surface area (Å²) in [5.41, 5.74) is 5.28. The number of aliphatic carboxylic acids is 1. The van der Waals surface area contributed by atoms with Gasteiger partial charge in [-0.3, -0.25) is 14.5 Å². The van der Waals surface area contributed by atoms with Gasteiger partial charge in [0.1, 0.15) is 0 Å².